The Morgan fingerprint density at radius 3 is 1.83 bits per heavy atom. The highest BCUT2D eigenvalue weighted by atomic mass is 14.8. The Hall–Kier alpha value is -0.655. The molecule has 0 spiro atoms. The average Bonchev–Trinajstić information content (AvgIpc) is 1.86. The molecule has 0 radical (unpaired) electrons. The molecule has 30 valence electrons. The van der Waals surface area contributed by atoms with Crippen LogP contribution in [-0.2, 0) is 0 Å². The summed E-state index contributed by atoms with van der Waals surface area (Å²) in [5.41, 5.74) is 0. The van der Waals surface area contributed by atoms with Crippen molar-refractivity contribution in [1.82, 2.24) is 4.48 Å². The summed E-state index contributed by atoms with van der Waals surface area (Å²) in [6.07, 6.45) is 4.00. The summed E-state index contributed by atoms with van der Waals surface area (Å²) in [6, 6.07) is 4.00. The topological polar surface area (TPSA) is 4.93 Å². The molecule has 6 heavy (non-hydrogen) atoms. The number of hydrogen-bond donors (Lipinski definition) is 0. The number of aromatic nitrogens is 1. The third-order valence-electron chi connectivity index (χ3n) is 0.754. The summed E-state index contributed by atoms with van der Waals surface area (Å²) in [7, 11) is 2.00. The molecule has 0 fully saturated rings. The lowest BCUT2D eigenvalue weighted by molar-refractivity contribution is 1.26. The van der Waals surface area contributed by atoms with Crippen molar-refractivity contribution in [2.24, 2.45) is 0 Å². The minimum Gasteiger partial charge on any atom is -0.405 e. The SMILES string of the molecule is Bn1cccc1. The normalized spacial score (nSPS) is 8.67. The van der Waals surface area contributed by atoms with E-state index in [4.69, 9.17) is 0 Å². The van der Waals surface area contributed by atoms with Gasteiger partial charge in [0.05, 0.1) is 0 Å². The Morgan fingerprint density at radius 2 is 1.67 bits per heavy atom. The average molecular weight is 78.9 g/mol. The summed E-state index contributed by atoms with van der Waals surface area (Å²) in [5.74, 6) is 0. The summed E-state index contributed by atoms with van der Waals surface area (Å²) in [6.45, 7) is 0. The van der Waals surface area contributed by atoms with Gasteiger partial charge in [-0.05, 0) is 24.5 Å². The van der Waals surface area contributed by atoms with Crippen LogP contribution in [0.2, 0.25) is 0 Å². The van der Waals surface area contributed by atoms with Crippen molar-refractivity contribution < 1.29 is 0 Å². The first kappa shape index (κ1) is 3.53. The van der Waals surface area contributed by atoms with Gasteiger partial charge in [0.15, 0.2) is 0 Å². The first-order valence-electron chi connectivity index (χ1n) is 1.96. The van der Waals surface area contributed by atoms with Crippen molar-refractivity contribution in [2.45, 2.75) is 0 Å². The third kappa shape index (κ3) is 0.457. The predicted molar refractivity (Wildman–Crippen MR) is 28.4 cm³/mol. The van der Waals surface area contributed by atoms with Gasteiger partial charge in [0.1, 0.15) is 0 Å². The summed E-state index contributed by atoms with van der Waals surface area (Å²) in [4.78, 5) is 0. The predicted octanol–water partition coefficient (Wildman–Crippen LogP) is -0.116. The lowest BCUT2D eigenvalue weighted by Gasteiger charge is -1.78. The molecule has 0 N–H and O–H groups in total. The molecule has 0 unspecified atom stereocenters. The molecule has 0 saturated carbocycles. The van der Waals surface area contributed by atoms with E-state index in [0.717, 1.165) is 0 Å². The fourth-order valence-corrected chi connectivity index (χ4v) is 0.421. The molecule has 0 aliphatic carbocycles. The Kier molecular flexibility index (Phi) is 0.711. The molecule has 0 aliphatic rings. The molecule has 0 aliphatic heterocycles. The lowest BCUT2D eigenvalue weighted by Crippen LogP contribution is -1.80. The Bertz CT molecular complexity index is 111. The van der Waals surface area contributed by atoms with E-state index in [-0.39, 0.29) is 0 Å². The zero-order chi connectivity index (χ0) is 4.41. The molecule has 1 aromatic rings. The molecule has 0 bridgehead atoms. The van der Waals surface area contributed by atoms with Crippen LogP contribution >= 0.6 is 0 Å². The Morgan fingerprint density at radius 1 is 1.17 bits per heavy atom. The fraction of sp³-hybridized carbons (Fsp3) is 0. The molecule has 0 atom stereocenters. The monoisotopic (exact) mass is 79.1 g/mol. The second-order valence-corrected chi connectivity index (χ2v) is 1.35. The van der Waals surface area contributed by atoms with Crippen LogP contribution in [0.5, 0.6) is 0 Å². The van der Waals surface area contributed by atoms with Crippen molar-refractivity contribution in [3.63, 3.8) is 0 Å². The van der Waals surface area contributed by atoms with Gasteiger partial charge in [0.2, 0.25) is 7.98 Å². The van der Waals surface area contributed by atoms with Crippen LogP contribution < -0.4 is 0 Å². The lowest BCUT2D eigenvalue weighted by atomic mass is 10.4. The second-order valence-electron chi connectivity index (χ2n) is 1.35. The van der Waals surface area contributed by atoms with Gasteiger partial charge in [-0.3, -0.25) is 0 Å². The minimum atomic E-state index is 2.00. The summed E-state index contributed by atoms with van der Waals surface area (Å²) >= 11 is 0. The van der Waals surface area contributed by atoms with E-state index in [1.54, 1.807) is 0 Å². The first-order chi connectivity index (χ1) is 2.89. The zero-order valence-electron chi connectivity index (χ0n) is 3.76. The van der Waals surface area contributed by atoms with Crippen LogP contribution in [0.15, 0.2) is 24.5 Å². The fourth-order valence-electron chi connectivity index (χ4n) is 0.421. The van der Waals surface area contributed by atoms with Crippen LogP contribution in [0.3, 0.4) is 0 Å². The Balaban J connectivity index is 3.05. The highest BCUT2D eigenvalue weighted by Crippen LogP contribution is 1.79. The van der Waals surface area contributed by atoms with Crippen molar-refractivity contribution in [1.29, 1.82) is 0 Å². The molecule has 1 nitrogen and oxygen atoms in total. The van der Waals surface area contributed by atoms with Crippen LogP contribution in [0.4, 0.5) is 0 Å². The maximum Gasteiger partial charge on any atom is 0.222 e. The highest BCUT2D eigenvalue weighted by Gasteiger charge is 1.68. The molecule has 1 rings (SSSR count). The largest absolute Gasteiger partial charge is 0.405 e. The quantitative estimate of drug-likeness (QED) is 0.382. The standard InChI is InChI=1S/C4H6BN/c5-6-3-1-2-4-6/h1-4H,5H2. The second kappa shape index (κ2) is 1.21. The molecule has 1 heterocycles. The van der Waals surface area contributed by atoms with E-state index in [2.05, 4.69) is 0 Å². The van der Waals surface area contributed by atoms with Crippen LogP contribution in [0, 0.1) is 0 Å². The van der Waals surface area contributed by atoms with Gasteiger partial charge in [-0.2, -0.15) is 0 Å². The van der Waals surface area contributed by atoms with Gasteiger partial charge in [-0.1, -0.05) is 0 Å². The van der Waals surface area contributed by atoms with Gasteiger partial charge in [-0.15, -0.1) is 0 Å². The van der Waals surface area contributed by atoms with Crippen LogP contribution in [0.25, 0.3) is 0 Å². The van der Waals surface area contributed by atoms with Gasteiger partial charge in [0.25, 0.3) is 0 Å². The van der Waals surface area contributed by atoms with E-state index >= 15 is 0 Å². The van der Waals surface area contributed by atoms with E-state index < -0.39 is 0 Å². The van der Waals surface area contributed by atoms with E-state index in [1.807, 2.05) is 37.0 Å². The smallest absolute Gasteiger partial charge is 0.222 e. The maximum atomic E-state index is 2.00. The summed E-state index contributed by atoms with van der Waals surface area (Å²) in [5, 5.41) is 0. The van der Waals surface area contributed by atoms with Crippen molar-refractivity contribution in [3.05, 3.63) is 24.5 Å². The number of rotatable bonds is 0. The van der Waals surface area contributed by atoms with Gasteiger partial charge >= 0.3 is 0 Å². The molecule has 0 amide bonds. The van der Waals surface area contributed by atoms with Gasteiger partial charge < -0.3 is 4.48 Å². The van der Waals surface area contributed by atoms with Crippen LogP contribution in [-0.4, -0.2) is 12.5 Å². The molecular formula is C4H6BN. The van der Waals surface area contributed by atoms with Gasteiger partial charge in [0, 0.05) is 0 Å². The number of hydrogen-bond acceptors (Lipinski definition) is 0. The van der Waals surface area contributed by atoms with Crippen LogP contribution in [0.1, 0.15) is 0 Å². The zero-order valence-corrected chi connectivity index (χ0v) is 3.76. The van der Waals surface area contributed by atoms with Gasteiger partial charge in [-0.25, -0.2) is 0 Å². The van der Waals surface area contributed by atoms with E-state index in [1.165, 1.54) is 0 Å². The minimum absolute atomic E-state index is 2.00. The first-order valence-corrected chi connectivity index (χ1v) is 1.96. The maximum absolute atomic E-state index is 2.00. The number of nitrogens with zero attached hydrogens (tertiary/aromatic N) is 1. The molecule has 0 saturated heterocycles. The molecule has 1 aromatic heterocycles. The molecule has 0 aromatic carbocycles. The molecular weight excluding hydrogens is 72.9 g/mol. The van der Waals surface area contributed by atoms with E-state index in [0.29, 0.717) is 0 Å². The van der Waals surface area contributed by atoms with E-state index in [9.17, 15) is 0 Å². The third-order valence-corrected chi connectivity index (χ3v) is 0.754. The molecule has 2 heteroatoms. The van der Waals surface area contributed by atoms with Crippen molar-refractivity contribution in [2.75, 3.05) is 0 Å². The van der Waals surface area contributed by atoms with Crippen molar-refractivity contribution in [3.8, 4) is 0 Å². The van der Waals surface area contributed by atoms with Crippen molar-refractivity contribution >= 4 is 7.98 Å². The summed E-state index contributed by atoms with van der Waals surface area (Å²) < 4.78 is 2.00. The Labute approximate surface area is 38.0 Å². The highest BCUT2D eigenvalue weighted by molar-refractivity contribution is 6.06.